The molecule has 0 aromatic carbocycles. The summed E-state index contributed by atoms with van der Waals surface area (Å²) in [5.74, 6) is 0.713. The molecule has 1 atom stereocenters. The summed E-state index contributed by atoms with van der Waals surface area (Å²) in [5, 5.41) is 4.50. The Morgan fingerprint density at radius 2 is 2.07 bits per heavy atom. The average molecular weight is 259 g/mol. The molecule has 1 rings (SSSR count). The van der Waals surface area contributed by atoms with Crippen molar-refractivity contribution in [3.8, 4) is 0 Å². The molecule has 0 bridgehead atoms. The Morgan fingerprint density at radius 1 is 1.43 bits per heavy atom. The van der Waals surface area contributed by atoms with Crippen LogP contribution < -0.4 is 0 Å². The maximum absolute atomic E-state index is 4.50. The van der Waals surface area contributed by atoms with Crippen LogP contribution in [0.5, 0.6) is 0 Å². The molecule has 0 fully saturated rings. The van der Waals surface area contributed by atoms with Gasteiger partial charge in [-0.15, -0.1) is 0 Å². The first-order valence-corrected chi connectivity index (χ1v) is 6.05. The first kappa shape index (κ1) is 11.8. The Morgan fingerprint density at radius 3 is 2.50 bits per heavy atom. The van der Waals surface area contributed by atoms with E-state index >= 15 is 0 Å². The smallest absolute Gasteiger partial charge is 0.0738 e. The van der Waals surface area contributed by atoms with Crippen LogP contribution in [0.25, 0.3) is 0 Å². The Hall–Kier alpha value is -0.310. The van der Waals surface area contributed by atoms with Crippen LogP contribution in [0.2, 0.25) is 0 Å². The summed E-state index contributed by atoms with van der Waals surface area (Å²) in [7, 11) is 0. The standard InChI is InChI=1S/C11H19BrN2/c1-5-6-8(2)7-14-10(4)11(12)9(3)13-14/h8H,5-7H2,1-4H3. The molecule has 80 valence electrons. The summed E-state index contributed by atoms with van der Waals surface area (Å²) in [5.41, 5.74) is 2.33. The molecule has 1 unspecified atom stereocenters. The normalized spacial score (nSPS) is 13.2. The quantitative estimate of drug-likeness (QED) is 0.806. The monoisotopic (exact) mass is 258 g/mol. The third kappa shape index (κ3) is 2.59. The number of nitrogens with zero attached hydrogens (tertiary/aromatic N) is 2. The molecule has 0 spiro atoms. The minimum Gasteiger partial charge on any atom is -0.268 e. The van der Waals surface area contributed by atoms with Crippen LogP contribution in [0.3, 0.4) is 0 Å². The van der Waals surface area contributed by atoms with Crippen molar-refractivity contribution < 1.29 is 0 Å². The molecule has 0 aliphatic carbocycles. The average Bonchev–Trinajstić information content (AvgIpc) is 2.34. The fourth-order valence-electron chi connectivity index (χ4n) is 1.73. The van der Waals surface area contributed by atoms with Crippen molar-refractivity contribution in [1.29, 1.82) is 0 Å². The summed E-state index contributed by atoms with van der Waals surface area (Å²) < 4.78 is 3.26. The lowest BCUT2D eigenvalue weighted by Crippen LogP contribution is -2.10. The largest absolute Gasteiger partial charge is 0.268 e. The van der Waals surface area contributed by atoms with E-state index < -0.39 is 0 Å². The van der Waals surface area contributed by atoms with Gasteiger partial charge in [-0.3, -0.25) is 4.68 Å². The first-order valence-electron chi connectivity index (χ1n) is 5.25. The van der Waals surface area contributed by atoms with Gasteiger partial charge in [0.1, 0.15) is 0 Å². The van der Waals surface area contributed by atoms with Gasteiger partial charge in [0.2, 0.25) is 0 Å². The molecule has 1 aromatic rings. The second-order valence-corrected chi connectivity index (χ2v) is 4.85. The van der Waals surface area contributed by atoms with Crippen LogP contribution in [0.15, 0.2) is 4.47 Å². The van der Waals surface area contributed by atoms with Crippen molar-refractivity contribution in [1.82, 2.24) is 9.78 Å². The van der Waals surface area contributed by atoms with Crippen molar-refractivity contribution in [2.24, 2.45) is 5.92 Å². The molecule has 0 aliphatic rings. The molecule has 1 aromatic heterocycles. The molecule has 1 heterocycles. The summed E-state index contributed by atoms with van der Waals surface area (Å²) in [4.78, 5) is 0. The molecular weight excluding hydrogens is 240 g/mol. The molecule has 0 aliphatic heterocycles. The molecule has 0 radical (unpaired) electrons. The molecule has 3 heteroatoms. The highest BCUT2D eigenvalue weighted by Gasteiger charge is 2.10. The van der Waals surface area contributed by atoms with Gasteiger partial charge in [0.15, 0.2) is 0 Å². The first-order chi connectivity index (χ1) is 6.56. The summed E-state index contributed by atoms with van der Waals surface area (Å²) in [6.45, 7) is 9.70. The van der Waals surface area contributed by atoms with Crippen LogP contribution in [-0.2, 0) is 6.54 Å². The van der Waals surface area contributed by atoms with Gasteiger partial charge in [-0.25, -0.2) is 0 Å². The predicted molar refractivity (Wildman–Crippen MR) is 63.5 cm³/mol. The molecule has 0 N–H and O–H groups in total. The third-order valence-corrected chi connectivity index (χ3v) is 3.71. The second-order valence-electron chi connectivity index (χ2n) is 4.06. The van der Waals surface area contributed by atoms with Crippen molar-refractivity contribution >= 4 is 15.9 Å². The van der Waals surface area contributed by atoms with Gasteiger partial charge in [0.25, 0.3) is 0 Å². The Kier molecular flexibility index (Phi) is 4.17. The van der Waals surface area contributed by atoms with Crippen LogP contribution in [-0.4, -0.2) is 9.78 Å². The molecule has 2 nitrogen and oxygen atoms in total. The lowest BCUT2D eigenvalue weighted by molar-refractivity contribution is 0.414. The van der Waals surface area contributed by atoms with Crippen LogP contribution >= 0.6 is 15.9 Å². The zero-order valence-corrected chi connectivity index (χ0v) is 11.1. The lowest BCUT2D eigenvalue weighted by Gasteiger charge is -2.11. The Balaban J connectivity index is 2.72. The van der Waals surface area contributed by atoms with E-state index in [0.717, 1.165) is 16.7 Å². The van der Waals surface area contributed by atoms with E-state index in [2.05, 4.69) is 46.5 Å². The van der Waals surface area contributed by atoms with Crippen molar-refractivity contribution in [2.75, 3.05) is 0 Å². The SMILES string of the molecule is CCCC(C)Cn1nc(C)c(Br)c1C. The van der Waals surface area contributed by atoms with E-state index in [0.29, 0.717) is 5.92 Å². The maximum atomic E-state index is 4.50. The zero-order chi connectivity index (χ0) is 10.7. The minimum absolute atomic E-state index is 0.713. The Bertz CT molecular complexity index is 304. The van der Waals surface area contributed by atoms with E-state index in [9.17, 15) is 0 Å². The second kappa shape index (κ2) is 4.96. The highest BCUT2D eigenvalue weighted by Crippen LogP contribution is 2.21. The fourth-order valence-corrected chi connectivity index (χ4v) is 2.02. The molecule has 14 heavy (non-hydrogen) atoms. The molecule has 0 saturated heterocycles. The summed E-state index contributed by atoms with van der Waals surface area (Å²) in [6, 6.07) is 0. The van der Waals surface area contributed by atoms with Crippen molar-refractivity contribution in [3.05, 3.63) is 15.9 Å². The van der Waals surface area contributed by atoms with E-state index in [1.54, 1.807) is 0 Å². The molecule has 0 amide bonds. The van der Waals surface area contributed by atoms with Gasteiger partial charge >= 0.3 is 0 Å². The number of hydrogen-bond donors (Lipinski definition) is 0. The summed E-state index contributed by atoms with van der Waals surface area (Å²) in [6.07, 6.45) is 2.53. The third-order valence-electron chi connectivity index (χ3n) is 2.56. The number of aryl methyl sites for hydroxylation is 1. The van der Waals surface area contributed by atoms with Gasteiger partial charge in [0.05, 0.1) is 10.2 Å². The molecular formula is C11H19BrN2. The maximum Gasteiger partial charge on any atom is 0.0738 e. The van der Waals surface area contributed by atoms with Crippen molar-refractivity contribution in [2.45, 2.75) is 47.1 Å². The van der Waals surface area contributed by atoms with Gasteiger partial charge in [-0.1, -0.05) is 20.3 Å². The van der Waals surface area contributed by atoms with Gasteiger partial charge in [0, 0.05) is 12.2 Å². The topological polar surface area (TPSA) is 17.8 Å². The van der Waals surface area contributed by atoms with Crippen LogP contribution in [0.4, 0.5) is 0 Å². The van der Waals surface area contributed by atoms with Gasteiger partial charge in [-0.2, -0.15) is 5.10 Å². The van der Waals surface area contributed by atoms with Crippen LogP contribution in [0, 0.1) is 19.8 Å². The summed E-state index contributed by atoms with van der Waals surface area (Å²) >= 11 is 3.55. The number of rotatable bonds is 4. The predicted octanol–water partition coefficient (Wildman–Crippen LogP) is 3.70. The molecule has 0 saturated carbocycles. The lowest BCUT2D eigenvalue weighted by atomic mass is 10.1. The van der Waals surface area contributed by atoms with Gasteiger partial charge in [-0.05, 0) is 42.1 Å². The zero-order valence-electron chi connectivity index (χ0n) is 9.47. The van der Waals surface area contributed by atoms with Crippen molar-refractivity contribution in [3.63, 3.8) is 0 Å². The highest BCUT2D eigenvalue weighted by atomic mass is 79.9. The Labute approximate surface area is 94.8 Å². The van der Waals surface area contributed by atoms with E-state index in [-0.39, 0.29) is 0 Å². The highest BCUT2D eigenvalue weighted by molar-refractivity contribution is 9.10. The van der Waals surface area contributed by atoms with E-state index in [1.807, 2.05) is 6.92 Å². The van der Waals surface area contributed by atoms with Crippen LogP contribution in [0.1, 0.15) is 38.1 Å². The van der Waals surface area contributed by atoms with Gasteiger partial charge < -0.3 is 0 Å². The number of hydrogen-bond acceptors (Lipinski definition) is 1. The minimum atomic E-state index is 0.713. The van der Waals surface area contributed by atoms with E-state index in [1.165, 1.54) is 18.5 Å². The number of halogens is 1. The number of aromatic nitrogens is 2. The van der Waals surface area contributed by atoms with E-state index in [4.69, 9.17) is 0 Å². The fraction of sp³-hybridized carbons (Fsp3) is 0.727.